The first-order valence-electron chi connectivity index (χ1n) is 10.3. The Balaban J connectivity index is 2.13. The van der Waals surface area contributed by atoms with Crippen LogP contribution in [0.1, 0.15) is 17.2 Å². The van der Waals surface area contributed by atoms with Crippen molar-refractivity contribution in [3.8, 4) is 6.07 Å². The van der Waals surface area contributed by atoms with Gasteiger partial charge in [0.2, 0.25) is 0 Å². The molecule has 1 unspecified atom stereocenters. The van der Waals surface area contributed by atoms with E-state index in [0.717, 1.165) is 0 Å². The monoisotopic (exact) mass is 455 g/mol. The van der Waals surface area contributed by atoms with Crippen molar-refractivity contribution in [3.63, 3.8) is 0 Å². The summed E-state index contributed by atoms with van der Waals surface area (Å²) in [7, 11) is 2.42. The van der Waals surface area contributed by atoms with Gasteiger partial charge in [-0.2, -0.15) is 15.5 Å². The Kier molecular flexibility index (Phi) is 5.97. The molecule has 2 N–H and O–H groups in total. The first kappa shape index (κ1) is 22.5. The summed E-state index contributed by atoms with van der Waals surface area (Å²) in [6.45, 7) is 1.78. The third-order valence-electron chi connectivity index (χ3n) is 5.58. The number of rotatable bonds is 4. The molecule has 0 bridgehead atoms. The van der Waals surface area contributed by atoms with E-state index in [1.54, 1.807) is 61.5 Å². The lowest BCUT2D eigenvalue weighted by Gasteiger charge is -2.36. The molecule has 9 nitrogen and oxygen atoms in total. The van der Waals surface area contributed by atoms with E-state index in [4.69, 9.17) is 15.2 Å². The van der Waals surface area contributed by atoms with Crippen LogP contribution in [0.2, 0.25) is 0 Å². The topological polar surface area (TPSA) is 131 Å². The average molecular weight is 455 g/mol. The largest absolute Gasteiger partial charge is 0.466 e. The highest BCUT2D eigenvalue weighted by molar-refractivity contribution is 6.08. The lowest BCUT2D eigenvalue weighted by molar-refractivity contribution is -0.139. The van der Waals surface area contributed by atoms with Crippen LogP contribution < -0.4 is 10.6 Å². The van der Waals surface area contributed by atoms with Gasteiger partial charge < -0.3 is 15.2 Å². The Morgan fingerprint density at radius 2 is 1.74 bits per heavy atom. The fourth-order valence-corrected chi connectivity index (χ4v) is 4.11. The summed E-state index contributed by atoms with van der Waals surface area (Å²) in [4.78, 5) is 27.7. The van der Waals surface area contributed by atoms with Gasteiger partial charge in [0.05, 0.1) is 54.3 Å². The van der Waals surface area contributed by atoms with Gasteiger partial charge in [0.15, 0.2) is 0 Å². The predicted molar refractivity (Wildman–Crippen MR) is 124 cm³/mol. The Morgan fingerprint density at radius 3 is 2.38 bits per heavy atom. The number of hydrogen-bond acceptors (Lipinski definition) is 9. The standard InChI is InChI=1S/C25H21N5O4/c1-14-12-16-18(29-28-14)10-7-11-19(16)30-22(25(32)34-3)21(24(31)33-2)20(17(13-26)23(30)27)15-8-5-4-6-9-15/h4-12,20H,27H2,1-3H3. The van der Waals surface area contributed by atoms with Crippen LogP contribution in [-0.4, -0.2) is 36.4 Å². The van der Waals surface area contributed by atoms with E-state index >= 15 is 0 Å². The first-order valence-corrected chi connectivity index (χ1v) is 10.3. The van der Waals surface area contributed by atoms with Crippen LogP contribution in [0.3, 0.4) is 0 Å². The van der Waals surface area contributed by atoms with E-state index in [9.17, 15) is 14.9 Å². The van der Waals surface area contributed by atoms with Crippen molar-refractivity contribution in [2.24, 2.45) is 5.73 Å². The molecule has 0 aliphatic carbocycles. The SMILES string of the molecule is COC(=O)C1=C(C(=O)OC)N(c2cccc3nnc(C)cc23)C(N)=C(C#N)C1c1ccccc1. The highest BCUT2D eigenvalue weighted by Crippen LogP contribution is 2.44. The van der Waals surface area contributed by atoms with Crippen LogP contribution >= 0.6 is 0 Å². The number of fused-ring (bicyclic) bond motifs is 1. The first-order chi connectivity index (χ1) is 16.4. The van der Waals surface area contributed by atoms with Crippen molar-refractivity contribution < 1.29 is 19.1 Å². The Bertz CT molecular complexity index is 1410. The summed E-state index contributed by atoms with van der Waals surface area (Å²) in [6, 6.07) is 18.0. The maximum absolute atomic E-state index is 13.2. The van der Waals surface area contributed by atoms with E-state index in [-0.39, 0.29) is 22.7 Å². The second kappa shape index (κ2) is 9.03. The molecule has 2 aromatic carbocycles. The van der Waals surface area contributed by atoms with Gasteiger partial charge in [0.1, 0.15) is 11.5 Å². The van der Waals surface area contributed by atoms with Gasteiger partial charge in [-0.3, -0.25) is 4.90 Å². The van der Waals surface area contributed by atoms with E-state index in [1.165, 1.54) is 19.1 Å². The molecule has 170 valence electrons. The van der Waals surface area contributed by atoms with Crippen molar-refractivity contribution in [2.75, 3.05) is 19.1 Å². The summed E-state index contributed by atoms with van der Waals surface area (Å²) < 4.78 is 10.1. The Morgan fingerprint density at radius 1 is 1.03 bits per heavy atom. The summed E-state index contributed by atoms with van der Waals surface area (Å²) >= 11 is 0. The molecule has 1 aliphatic rings. The van der Waals surface area contributed by atoms with Crippen molar-refractivity contribution in [2.45, 2.75) is 12.8 Å². The second-order valence-corrected chi connectivity index (χ2v) is 7.53. The van der Waals surface area contributed by atoms with Gasteiger partial charge in [-0.05, 0) is 30.7 Å². The number of allylic oxidation sites excluding steroid dienone is 1. The molecule has 1 aliphatic heterocycles. The zero-order chi connectivity index (χ0) is 24.4. The zero-order valence-electron chi connectivity index (χ0n) is 18.8. The lowest BCUT2D eigenvalue weighted by atomic mass is 9.81. The molecular formula is C25H21N5O4. The molecule has 0 fully saturated rings. The normalized spacial score (nSPS) is 15.8. The molecule has 0 saturated carbocycles. The molecule has 3 aromatic rings. The summed E-state index contributed by atoms with van der Waals surface area (Å²) in [5.41, 5.74) is 8.69. The Labute approximate surface area is 195 Å². The number of methoxy groups -OCH3 is 2. The van der Waals surface area contributed by atoms with Crippen LogP contribution in [0.4, 0.5) is 5.69 Å². The van der Waals surface area contributed by atoms with Crippen LogP contribution in [0, 0.1) is 18.3 Å². The maximum Gasteiger partial charge on any atom is 0.355 e. The predicted octanol–water partition coefficient (Wildman–Crippen LogP) is 2.84. The molecule has 0 saturated heterocycles. The molecule has 0 spiro atoms. The van der Waals surface area contributed by atoms with E-state index in [2.05, 4.69) is 16.3 Å². The minimum atomic E-state index is -0.930. The number of aromatic nitrogens is 2. The van der Waals surface area contributed by atoms with Crippen LogP contribution in [0.25, 0.3) is 10.9 Å². The number of nitrogens with zero attached hydrogens (tertiary/aromatic N) is 4. The number of aryl methyl sites for hydroxylation is 1. The Hall–Kier alpha value is -4.71. The number of carbonyl (C=O) groups excluding carboxylic acids is 2. The molecule has 1 aromatic heterocycles. The average Bonchev–Trinajstić information content (AvgIpc) is 2.87. The fraction of sp³-hybridized carbons (Fsp3) is 0.160. The van der Waals surface area contributed by atoms with Crippen molar-refractivity contribution in [3.05, 3.63) is 88.5 Å². The third-order valence-corrected chi connectivity index (χ3v) is 5.58. The zero-order valence-corrected chi connectivity index (χ0v) is 18.8. The molecular weight excluding hydrogens is 434 g/mol. The van der Waals surface area contributed by atoms with Gasteiger partial charge in [0.25, 0.3) is 0 Å². The van der Waals surface area contributed by atoms with E-state index in [0.29, 0.717) is 27.8 Å². The third kappa shape index (κ3) is 3.61. The second-order valence-electron chi connectivity index (χ2n) is 7.53. The summed E-state index contributed by atoms with van der Waals surface area (Å²) in [5, 5.41) is 19.0. The minimum Gasteiger partial charge on any atom is -0.466 e. The number of ether oxygens (including phenoxy) is 2. The maximum atomic E-state index is 13.2. The van der Waals surface area contributed by atoms with Crippen molar-refractivity contribution in [1.82, 2.24) is 10.2 Å². The number of esters is 2. The molecule has 2 heterocycles. The number of anilines is 1. The van der Waals surface area contributed by atoms with Gasteiger partial charge in [-0.1, -0.05) is 36.4 Å². The number of benzene rings is 2. The lowest BCUT2D eigenvalue weighted by Crippen LogP contribution is -2.40. The van der Waals surface area contributed by atoms with E-state index in [1.807, 2.05) is 0 Å². The highest BCUT2D eigenvalue weighted by Gasteiger charge is 2.43. The molecule has 0 radical (unpaired) electrons. The van der Waals surface area contributed by atoms with Gasteiger partial charge in [-0.15, -0.1) is 0 Å². The van der Waals surface area contributed by atoms with Crippen molar-refractivity contribution >= 4 is 28.5 Å². The minimum absolute atomic E-state index is 0.00799. The van der Waals surface area contributed by atoms with Gasteiger partial charge in [0, 0.05) is 5.39 Å². The van der Waals surface area contributed by atoms with Crippen LogP contribution in [0.5, 0.6) is 0 Å². The molecule has 9 heteroatoms. The van der Waals surface area contributed by atoms with Crippen molar-refractivity contribution in [1.29, 1.82) is 5.26 Å². The number of nitrogens with two attached hydrogens (primary N) is 1. The van der Waals surface area contributed by atoms with Gasteiger partial charge >= 0.3 is 11.9 Å². The molecule has 0 amide bonds. The fourth-order valence-electron chi connectivity index (χ4n) is 4.11. The molecule has 1 atom stereocenters. The summed E-state index contributed by atoms with van der Waals surface area (Å²) in [6.07, 6.45) is 0. The molecule has 34 heavy (non-hydrogen) atoms. The van der Waals surface area contributed by atoms with Crippen LogP contribution in [0.15, 0.2) is 77.3 Å². The number of nitriles is 1. The van der Waals surface area contributed by atoms with Crippen LogP contribution in [-0.2, 0) is 19.1 Å². The number of hydrogen-bond donors (Lipinski definition) is 1. The molecule has 4 rings (SSSR count). The number of carbonyl (C=O) groups is 2. The quantitative estimate of drug-likeness (QED) is 0.590. The summed E-state index contributed by atoms with van der Waals surface area (Å²) in [5.74, 6) is -2.53. The van der Waals surface area contributed by atoms with E-state index < -0.39 is 17.9 Å². The van der Waals surface area contributed by atoms with Gasteiger partial charge in [-0.25, -0.2) is 9.59 Å². The highest BCUT2D eigenvalue weighted by atomic mass is 16.5. The smallest absolute Gasteiger partial charge is 0.355 e.